The van der Waals surface area contributed by atoms with E-state index in [9.17, 15) is 13.2 Å². The molecule has 1 aromatic carbocycles. The molecule has 10 heteroatoms. The number of ether oxygens (including phenoxy) is 1. The fourth-order valence-corrected chi connectivity index (χ4v) is 2.45. The molecule has 124 valence electrons. The predicted molar refractivity (Wildman–Crippen MR) is 84.7 cm³/mol. The third-order valence-corrected chi connectivity index (χ3v) is 3.74. The fourth-order valence-electron chi connectivity index (χ4n) is 1.27. The van der Waals surface area contributed by atoms with Gasteiger partial charge in [-0.3, -0.25) is 4.18 Å². The number of rotatable bonds is 7. The molecule has 0 bridgehead atoms. The van der Waals surface area contributed by atoms with Gasteiger partial charge < -0.3 is 10.1 Å². The van der Waals surface area contributed by atoms with Gasteiger partial charge in [0.1, 0.15) is 13.2 Å². The number of carbonyl (C=O) groups excluding carboxylic acids is 1. The van der Waals surface area contributed by atoms with Crippen LogP contribution in [0.3, 0.4) is 0 Å². The molecule has 1 aromatic rings. The van der Waals surface area contributed by atoms with Crippen molar-refractivity contribution in [2.24, 2.45) is 0 Å². The van der Waals surface area contributed by atoms with Crippen molar-refractivity contribution >= 4 is 51.0 Å². The molecular formula is C12H14Cl3NO5S. The zero-order valence-electron chi connectivity index (χ0n) is 11.3. The zero-order chi connectivity index (χ0) is 16.6. The van der Waals surface area contributed by atoms with Crippen LogP contribution in [-0.2, 0) is 25.6 Å². The van der Waals surface area contributed by atoms with Gasteiger partial charge >= 0.3 is 6.09 Å². The van der Waals surface area contributed by atoms with Crippen molar-refractivity contribution in [3.8, 4) is 0 Å². The molecule has 0 unspecified atom stereocenters. The number of hydrogen-bond acceptors (Lipinski definition) is 5. The summed E-state index contributed by atoms with van der Waals surface area (Å²) in [6.45, 7) is -0.697. The Balaban J connectivity index is 2.24. The average molecular weight is 391 g/mol. The first kappa shape index (κ1) is 19.3. The maximum Gasteiger partial charge on any atom is 0.407 e. The molecule has 0 saturated carbocycles. The Morgan fingerprint density at radius 3 is 2.41 bits per heavy atom. The molecule has 1 rings (SSSR count). The second-order valence-electron chi connectivity index (χ2n) is 4.13. The monoisotopic (exact) mass is 389 g/mol. The van der Waals surface area contributed by atoms with Crippen LogP contribution in [0.4, 0.5) is 4.79 Å². The molecular weight excluding hydrogens is 377 g/mol. The third-order valence-electron chi connectivity index (χ3n) is 2.24. The summed E-state index contributed by atoms with van der Waals surface area (Å²) >= 11 is 16.1. The van der Waals surface area contributed by atoms with Crippen molar-refractivity contribution in [2.75, 3.05) is 18.9 Å². The Morgan fingerprint density at radius 1 is 1.18 bits per heavy atom. The molecule has 0 spiro atoms. The molecule has 0 aliphatic carbocycles. The number of carbonyl (C=O) groups is 1. The fraction of sp³-hybridized carbons (Fsp3) is 0.417. The van der Waals surface area contributed by atoms with Crippen LogP contribution in [0.25, 0.3) is 0 Å². The van der Waals surface area contributed by atoms with Crippen LogP contribution in [-0.4, -0.2) is 37.2 Å². The molecule has 0 aliphatic rings. The number of alkyl halides is 3. The van der Waals surface area contributed by atoms with Gasteiger partial charge in [0.2, 0.25) is 3.79 Å². The van der Waals surface area contributed by atoms with Gasteiger partial charge in [-0.1, -0.05) is 65.1 Å². The minimum absolute atomic E-state index is 0.0865. The van der Waals surface area contributed by atoms with Crippen molar-refractivity contribution < 1.29 is 22.1 Å². The van der Waals surface area contributed by atoms with Gasteiger partial charge in [-0.25, -0.2) is 4.79 Å². The van der Waals surface area contributed by atoms with Gasteiger partial charge in [0.05, 0.1) is 5.75 Å². The smallest absolute Gasteiger partial charge is 0.407 e. The molecule has 0 fully saturated rings. The van der Waals surface area contributed by atoms with Gasteiger partial charge in [-0.2, -0.15) is 8.42 Å². The number of hydrogen-bond donors (Lipinski definition) is 1. The largest absolute Gasteiger partial charge is 0.445 e. The van der Waals surface area contributed by atoms with Crippen molar-refractivity contribution in [2.45, 2.75) is 10.4 Å². The van der Waals surface area contributed by atoms with Crippen LogP contribution in [0, 0.1) is 0 Å². The summed E-state index contributed by atoms with van der Waals surface area (Å²) in [5.41, 5.74) is 0.816. The molecule has 6 nitrogen and oxygen atoms in total. The van der Waals surface area contributed by atoms with E-state index in [1.54, 1.807) is 12.1 Å². The highest BCUT2D eigenvalue weighted by molar-refractivity contribution is 7.86. The predicted octanol–water partition coefficient (Wildman–Crippen LogP) is 2.63. The number of alkyl carbamates (subject to hydrolysis) is 1. The summed E-state index contributed by atoms with van der Waals surface area (Å²) in [4.78, 5) is 11.4. The SMILES string of the molecule is O=C(NCCS(=O)(=O)OCC(Cl)(Cl)Cl)OCc1ccccc1. The molecule has 0 aliphatic heterocycles. The third kappa shape index (κ3) is 9.32. The minimum Gasteiger partial charge on any atom is -0.445 e. The van der Waals surface area contributed by atoms with E-state index in [0.717, 1.165) is 5.56 Å². The molecule has 1 amide bonds. The number of amides is 1. The van der Waals surface area contributed by atoms with Crippen LogP contribution < -0.4 is 5.32 Å². The van der Waals surface area contributed by atoms with Crippen molar-refractivity contribution in [1.29, 1.82) is 0 Å². The lowest BCUT2D eigenvalue weighted by atomic mass is 10.2. The van der Waals surface area contributed by atoms with Crippen LogP contribution in [0.15, 0.2) is 30.3 Å². The maximum absolute atomic E-state index is 11.4. The number of benzene rings is 1. The van der Waals surface area contributed by atoms with E-state index in [1.165, 1.54) is 0 Å². The Hall–Kier alpha value is -0.730. The van der Waals surface area contributed by atoms with Gasteiger partial charge in [0, 0.05) is 6.54 Å². The quantitative estimate of drug-likeness (QED) is 0.572. The maximum atomic E-state index is 11.4. The average Bonchev–Trinajstić information content (AvgIpc) is 2.43. The molecule has 0 saturated heterocycles. The van der Waals surface area contributed by atoms with E-state index in [0.29, 0.717) is 0 Å². The molecule has 0 radical (unpaired) electrons. The first-order chi connectivity index (χ1) is 10.2. The first-order valence-corrected chi connectivity index (χ1v) is 8.77. The second-order valence-corrected chi connectivity index (χ2v) is 8.40. The second kappa shape index (κ2) is 8.79. The van der Waals surface area contributed by atoms with E-state index in [2.05, 4.69) is 9.50 Å². The molecule has 22 heavy (non-hydrogen) atoms. The number of nitrogens with one attached hydrogen (secondary N) is 1. The highest BCUT2D eigenvalue weighted by Crippen LogP contribution is 2.26. The van der Waals surface area contributed by atoms with Crippen LogP contribution in [0.5, 0.6) is 0 Å². The van der Waals surface area contributed by atoms with Crippen molar-refractivity contribution in [3.05, 3.63) is 35.9 Å². The zero-order valence-corrected chi connectivity index (χ0v) is 14.4. The van der Waals surface area contributed by atoms with Crippen LogP contribution in [0.2, 0.25) is 0 Å². The van der Waals surface area contributed by atoms with Crippen LogP contribution in [0.1, 0.15) is 5.56 Å². The summed E-state index contributed by atoms with van der Waals surface area (Å²) < 4.78 is 30.5. The molecule has 0 atom stereocenters. The van der Waals surface area contributed by atoms with Gasteiger partial charge in [0.25, 0.3) is 10.1 Å². The summed E-state index contributed by atoms with van der Waals surface area (Å²) in [7, 11) is -3.90. The van der Waals surface area contributed by atoms with Crippen molar-refractivity contribution in [1.82, 2.24) is 5.32 Å². The van der Waals surface area contributed by atoms with E-state index in [-0.39, 0.29) is 13.2 Å². The topological polar surface area (TPSA) is 81.7 Å². The van der Waals surface area contributed by atoms with Gasteiger partial charge in [0.15, 0.2) is 0 Å². The van der Waals surface area contributed by atoms with E-state index < -0.39 is 32.4 Å². The standard InChI is InChI=1S/C12H14Cl3NO5S/c13-12(14,15)9-21-22(18,19)7-6-16-11(17)20-8-10-4-2-1-3-5-10/h1-5H,6-9H2,(H,16,17). The Morgan fingerprint density at radius 2 is 1.82 bits per heavy atom. The lowest BCUT2D eigenvalue weighted by molar-refractivity contribution is 0.140. The summed E-state index contributed by atoms with van der Waals surface area (Å²) in [5, 5.41) is 2.29. The molecule has 0 heterocycles. The number of halogens is 3. The normalized spacial score (nSPS) is 12.0. The lowest BCUT2D eigenvalue weighted by Crippen LogP contribution is -2.31. The highest BCUT2D eigenvalue weighted by Gasteiger charge is 2.24. The molecule has 0 aromatic heterocycles. The lowest BCUT2D eigenvalue weighted by Gasteiger charge is -2.11. The summed E-state index contributed by atoms with van der Waals surface area (Å²) in [6, 6.07) is 9.05. The summed E-state index contributed by atoms with van der Waals surface area (Å²) in [6.07, 6.45) is -0.736. The Labute approximate surface area is 143 Å². The van der Waals surface area contributed by atoms with E-state index in [1.807, 2.05) is 18.2 Å². The van der Waals surface area contributed by atoms with Crippen molar-refractivity contribution in [3.63, 3.8) is 0 Å². The van der Waals surface area contributed by atoms with Crippen LogP contribution >= 0.6 is 34.8 Å². The van der Waals surface area contributed by atoms with Gasteiger partial charge in [-0.15, -0.1) is 0 Å². The van der Waals surface area contributed by atoms with E-state index in [4.69, 9.17) is 39.5 Å². The molecule has 1 N–H and O–H groups in total. The minimum atomic E-state index is -3.90. The Kier molecular flexibility index (Phi) is 7.71. The highest BCUT2D eigenvalue weighted by atomic mass is 35.6. The van der Waals surface area contributed by atoms with Gasteiger partial charge in [-0.05, 0) is 5.56 Å². The first-order valence-electron chi connectivity index (χ1n) is 6.06. The van der Waals surface area contributed by atoms with E-state index >= 15 is 0 Å². The Bertz CT molecular complexity index is 574. The summed E-state index contributed by atoms with van der Waals surface area (Å²) in [5.74, 6) is -0.464.